The van der Waals surface area contributed by atoms with Crippen LogP contribution < -0.4 is 5.32 Å². The van der Waals surface area contributed by atoms with Crippen LogP contribution in [0.4, 0.5) is 4.79 Å². The van der Waals surface area contributed by atoms with E-state index in [2.05, 4.69) is 11.9 Å². The molecule has 0 aromatic heterocycles. The summed E-state index contributed by atoms with van der Waals surface area (Å²) in [6.07, 6.45) is 0.561. The van der Waals surface area contributed by atoms with Gasteiger partial charge in [-0.1, -0.05) is 36.9 Å². The Hall–Kier alpha value is -2.30. The first kappa shape index (κ1) is 12.7. The van der Waals surface area contributed by atoms with Gasteiger partial charge in [-0.3, -0.25) is 9.69 Å². The minimum absolute atomic E-state index is 0.174. The van der Waals surface area contributed by atoms with Crippen molar-refractivity contribution in [2.45, 2.75) is 25.0 Å². The van der Waals surface area contributed by atoms with Gasteiger partial charge in [0.1, 0.15) is 12.1 Å². The highest BCUT2D eigenvalue weighted by atomic mass is 16.6. The van der Waals surface area contributed by atoms with Crippen molar-refractivity contribution in [2.24, 2.45) is 0 Å². The van der Waals surface area contributed by atoms with Crippen molar-refractivity contribution in [3.8, 4) is 0 Å². The van der Waals surface area contributed by atoms with Crippen molar-refractivity contribution in [3.05, 3.63) is 48.2 Å². The van der Waals surface area contributed by atoms with Crippen molar-refractivity contribution >= 4 is 12.0 Å². The Morgan fingerprint density at radius 3 is 2.70 bits per heavy atom. The molecule has 0 saturated carbocycles. The maximum atomic E-state index is 12.0. The number of ether oxygens (including phenoxy) is 1. The number of cyclic esters (lactones) is 1. The predicted octanol–water partition coefficient (Wildman–Crippen LogP) is 1.97. The van der Waals surface area contributed by atoms with E-state index in [0.29, 0.717) is 25.1 Å². The number of hydrogen-bond donors (Lipinski definition) is 1. The van der Waals surface area contributed by atoms with Crippen LogP contribution in [0.2, 0.25) is 0 Å². The number of benzene rings is 1. The van der Waals surface area contributed by atoms with Crippen LogP contribution in [0.15, 0.2) is 42.6 Å². The lowest BCUT2D eigenvalue weighted by molar-refractivity contribution is -0.125. The quantitative estimate of drug-likeness (QED) is 0.895. The van der Waals surface area contributed by atoms with Crippen molar-refractivity contribution in [2.75, 3.05) is 6.54 Å². The Morgan fingerprint density at radius 2 is 2.00 bits per heavy atom. The molecule has 1 aromatic rings. The Kier molecular flexibility index (Phi) is 3.18. The molecule has 0 aliphatic carbocycles. The smallest absolute Gasteiger partial charge is 0.411 e. The van der Waals surface area contributed by atoms with E-state index in [1.165, 1.54) is 4.90 Å². The third kappa shape index (κ3) is 2.27. The highest BCUT2D eigenvalue weighted by Gasteiger charge is 2.41. The zero-order chi connectivity index (χ0) is 14.1. The van der Waals surface area contributed by atoms with Gasteiger partial charge in [0.2, 0.25) is 5.91 Å². The molecular formula is C15H16N2O3. The van der Waals surface area contributed by atoms with E-state index in [1.807, 2.05) is 30.3 Å². The molecular weight excluding hydrogens is 256 g/mol. The second-order valence-corrected chi connectivity index (χ2v) is 5.08. The van der Waals surface area contributed by atoms with Crippen molar-refractivity contribution < 1.29 is 14.3 Å². The zero-order valence-corrected chi connectivity index (χ0v) is 11.0. The molecule has 2 fully saturated rings. The van der Waals surface area contributed by atoms with Gasteiger partial charge in [-0.15, -0.1) is 0 Å². The lowest BCUT2D eigenvalue weighted by Crippen LogP contribution is -2.49. The molecule has 1 aromatic carbocycles. The average molecular weight is 272 g/mol. The normalized spacial score (nSPS) is 26.4. The van der Waals surface area contributed by atoms with Gasteiger partial charge in [0.25, 0.3) is 0 Å². The summed E-state index contributed by atoms with van der Waals surface area (Å²) in [6.45, 7) is 4.15. The van der Waals surface area contributed by atoms with Gasteiger partial charge in [-0.25, -0.2) is 4.79 Å². The summed E-state index contributed by atoms with van der Waals surface area (Å²) in [4.78, 5) is 25.5. The SMILES string of the molecule is C=C1CCC(N2C[C@H](c3ccccc3)OC2=O)C(=O)N1. The number of hydrogen-bond acceptors (Lipinski definition) is 3. The van der Waals surface area contributed by atoms with Crippen LogP contribution in [0.3, 0.4) is 0 Å². The fourth-order valence-electron chi connectivity index (χ4n) is 2.63. The largest absolute Gasteiger partial charge is 0.439 e. The average Bonchev–Trinajstić information content (AvgIpc) is 2.82. The standard InChI is InChI=1S/C15H16N2O3/c1-10-7-8-12(14(18)16-10)17-9-13(20-15(17)19)11-5-3-2-4-6-11/h2-6,12-13H,1,7-9H2,(H,16,18)/t12?,13-/m1/s1. The minimum atomic E-state index is -0.457. The number of carbonyl (C=O) groups excluding carboxylic acids is 2. The topological polar surface area (TPSA) is 58.6 Å². The van der Waals surface area contributed by atoms with E-state index < -0.39 is 12.1 Å². The van der Waals surface area contributed by atoms with Gasteiger partial charge >= 0.3 is 6.09 Å². The van der Waals surface area contributed by atoms with E-state index in [-0.39, 0.29) is 12.0 Å². The van der Waals surface area contributed by atoms with Gasteiger partial charge in [-0.05, 0) is 18.4 Å². The van der Waals surface area contributed by atoms with E-state index in [0.717, 1.165) is 5.56 Å². The molecule has 2 aliphatic rings. The maximum Gasteiger partial charge on any atom is 0.411 e. The summed E-state index contributed by atoms with van der Waals surface area (Å²) < 4.78 is 5.37. The predicted molar refractivity (Wildman–Crippen MR) is 72.7 cm³/mol. The molecule has 104 valence electrons. The van der Waals surface area contributed by atoms with E-state index in [1.54, 1.807) is 0 Å². The fourth-order valence-corrected chi connectivity index (χ4v) is 2.63. The number of carbonyl (C=O) groups is 2. The summed E-state index contributed by atoms with van der Waals surface area (Å²) in [6, 6.07) is 9.11. The van der Waals surface area contributed by atoms with Gasteiger partial charge in [0.05, 0.1) is 6.54 Å². The molecule has 2 saturated heterocycles. The number of nitrogens with zero attached hydrogens (tertiary/aromatic N) is 1. The monoisotopic (exact) mass is 272 g/mol. The van der Waals surface area contributed by atoms with Crippen LogP contribution in [0.5, 0.6) is 0 Å². The highest BCUT2D eigenvalue weighted by Crippen LogP contribution is 2.29. The maximum absolute atomic E-state index is 12.0. The first-order valence-corrected chi connectivity index (χ1v) is 6.66. The number of allylic oxidation sites excluding steroid dienone is 1. The molecule has 5 nitrogen and oxygen atoms in total. The zero-order valence-electron chi connectivity index (χ0n) is 11.0. The summed E-state index contributed by atoms with van der Waals surface area (Å²) in [5, 5.41) is 2.70. The van der Waals surface area contributed by atoms with Crippen LogP contribution in [-0.4, -0.2) is 29.5 Å². The third-order valence-electron chi connectivity index (χ3n) is 3.71. The first-order valence-electron chi connectivity index (χ1n) is 6.66. The first-order chi connectivity index (χ1) is 9.65. The molecule has 20 heavy (non-hydrogen) atoms. The van der Waals surface area contributed by atoms with Crippen molar-refractivity contribution in [3.63, 3.8) is 0 Å². The van der Waals surface area contributed by atoms with Crippen LogP contribution in [0, 0.1) is 0 Å². The molecule has 2 aliphatic heterocycles. The Labute approximate surface area is 117 Å². The lowest BCUT2D eigenvalue weighted by Gasteiger charge is -2.29. The van der Waals surface area contributed by atoms with E-state index in [4.69, 9.17) is 4.74 Å². The Morgan fingerprint density at radius 1 is 1.25 bits per heavy atom. The van der Waals surface area contributed by atoms with Crippen LogP contribution >= 0.6 is 0 Å². The lowest BCUT2D eigenvalue weighted by atomic mass is 10.0. The van der Waals surface area contributed by atoms with Gasteiger partial charge in [0.15, 0.2) is 0 Å². The highest BCUT2D eigenvalue weighted by molar-refractivity contribution is 5.88. The van der Waals surface area contributed by atoms with E-state index >= 15 is 0 Å². The third-order valence-corrected chi connectivity index (χ3v) is 3.71. The van der Waals surface area contributed by atoms with Gasteiger partial charge < -0.3 is 10.1 Å². The fraction of sp³-hybridized carbons (Fsp3) is 0.333. The molecule has 0 radical (unpaired) electrons. The Balaban J connectivity index is 1.74. The van der Waals surface area contributed by atoms with E-state index in [9.17, 15) is 9.59 Å². The van der Waals surface area contributed by atoms with Crippen LogP contribution in [0.1, 0.15) is 24.5 Å². The second kappa shape index (κ2) is 5.00. The van der Waals surface area contributed by atoms with Crippen molar-refractivity contribution in [1.29, 1.82) is 0 Å². The molecule has 2 amide bonds. The number of piperidine rings is 1. The van der Waals surface area contributed by atoms with Gasteiger partial charge in [-0.2, -0.15) is 0 Å². The molecule has 1 N–H and O–H groups in total. The summed E-state index contributed by atoms with van der Waals surface area (Å²) in [7, 11) is 0. The summed E-state index contributed by atoms with van der Waals surface area (Å²) >= 11 is 0. The number of amides is 2. The second-order valence-electron chi connectivity index (χ2n) is 5.08. The molecule has 3 rings (SSSR count). The number of rotatable bonds is 2. The molecule has 1 unspecified atom stereocenters. The summed E-state index contributed by atoms with van der Waals surface area (Å²) in [5.41, 5.74) is 1.66. The Bertz CT molecular complexity index is 555. The minimum Gasteiger partial charge on any atom is -0.439 e. The molecule has 2 atom stereocenters. The molecule has 0 bridgehead atoms. The molecule has 0 spiro atoms. The number of nitrogens with one attached hydrogen (secondary N) is 1. The van der Waals surface area contributed by atoms with Crippen LogP contribution in [-0.2, 0) is 9.53 Å². The summed E-state index contributed by atoms with van der Waals surface area (Å²) in [5.74, 6) is -0.174. The van der Waals surface area contributed by atoms with Crippen LogP contribution in [0.25, 0.3) is 0 Å². The molecule has 5 heteroatoms. The van der Waals surface area contributed by atoms with Crippen molar-refractivity contribution in [1.82, 2.24) is 10.2 Å². The molecule has 2 heterocycles. The van der Waals surface area contributed by atoms with Gasteiger partial charge in [0, 0.05) is 5.70 Å².